The van der Waals surface area contributed by atoms with E-state index in [0.29, 0.717) is 6.04 Å². The minimum Gasteiger partial charge on any atom is -0.320 e. The molecule has 0 radical (unpaired) electrons. The Morgan fingerprint density at radius 2 is 2.04 bits per heavy atom. The number of thiazole rings is 1. The van der Waals surface area contributed by atoms with E-state index in [-0.39, 0.29) is 5.56 Å². The van der Waals surface area contributed by atoms with Crippen molar-refractivity contribution in [1.29, 1.82) is 0 Å². The van der Waals surface area contributed by atoms with Gasteiger partial charge in [0.1, 0.15) is 18.3 Å². The average molecular weight is 381 g/mol. The van der Waals surface area contributed by atoms with E-state index >= 15 is 0 Å². The zero-order chi connectivity index (χ0) is 17.5. The number of nitrogens with zero attached hydrogens (tertiary/aromatic N) is 2. The maximum Gasteiger partial charge on any atom is 0.258 e. The number of nitrogens with one attached hydrogen (secondary N) is 1. The Hall–Kier alpha value is -2.28. The van der Waals surface area contributed by atoms with Gasteiger partial charge < -0.3 is 4.90 Å². The fraction of sp³-hybridized carbons (Fsp3) is 0.200. The smallest absolute Gasteiger partial charge is 0.258 e. The number of quaternary nitrogens is 1. The Kier molecular flexibility index (Phi) is 3.96. The predicted octanol–water partition coefficient (Wildman–Crippen LogP) is 2.55. The molecule has 4 aromatic rings. The lowest BCUT2D eigenvalue weighted by Crippen LogP contribution is -3.12. The molecule has 0 spiro atoms. The molecule has 0 amide bonds. The molecule has 0 saturated heterocycles. The van der Waals surface area contributed by atoms with E-state index in [2.05, 4.69) is 41.8 Å². The molecular formula is C20H18N3OS2+. The minimum absolute atomic E-state index is 0.00939. The molecule has 1 aliphatic rings. The third-order valence-electron chi connectivity index (χ3n) is 5.07. The topological polar surface area (TPSA) is 38.8 Å². The summed E-state index contributed by atoms with van der Waals surface area (Å²) in [6, 6.07) is 15.0. The number of hydrogen-bond donors (Lipinski definition) is 1. The Morgan fingerprint density at radius 1 is 1.15 bits per heavy atom. The van der Waals surface area contributed by atoms with Crippen molar-refractivity contribution in [2.24, 2.45) is 0 Å². The second-order valence-corrected chi connectivity index (χ2v) is 8.49. The summed E-state index contributed by atoms with van der Waals surface area (Å²) in [6.45, 7) is 1.82. The van der Waals surface area contributed by atoms with E-state index in [9.17, 15) is 4.79 Å². The summed E-state index contributed by atoms with van der Waals surface area (Å²) in [5.74, 6) is 0. The van der Waals surface area contributed by atoms with Crippen LogP contribution in [-0.4, -0.2) is 15.9 Å². The molecular weight excluding hydrogens is 362 g/mol. The highest BCUT2D eigenvalue weighted by atomic mass is 32.1. The first-order chi connectivity index (χ1) is 12.8. The summed E-state index contributed by atoms with van der Waals surface area (Å²) in [4.78, 5) is 20.8. The number of hydrogen-bond acceptors (Lipinski definition) is 4. The van der Waals surface area contributed by atoms with Crippen molar-refractivity contribution in [2.75, 3.05) is 6.54 Å². The second-order valence-electron chi connectivity index (χ2n) is 6.62. The van der Waals surface area contributed by atoms with Crippen molar-refractivity contribution in [3.05, 3.63) is 91.5 Å². The lowest BCUT2D eigenvalue weighted by molar-refractivity contribution is -0.941. The lowest BCUT2D eigenvalue weighted by atomic mass is 9.93. The number of fused-ring (bicyclic) bond motifs is 2. The normalized spacial score (nSPS) is 19.5. The van der Waals surface area contributed by atoms with Crippen LogP contribution in [0.3, 0.4) is 0 Å². The van der Waals surface area contributed by atoms with Gasteiger partial charge in [-0.05, 0) is 11.4 Å². The molecule has 1 N–H and O–H groups in total. The highest BCUT2D eigenvalue weighted by Crippen LogP contribution is 2.29. The fourth-order valence-electron chi connectivity index (χ4n) is 3.91. The minimum atomic E-state index is 0.00939. The Balaban J connectivity index is 1.55. The van der Waals surface area contributed by atoms with E-state index in [1.807, 2.05) is 16.7 Å². The average Bonchev–Trinajstić information content (AvgIpc) is 3.31. The van der Waals surface area contributed by atoms with Crippen LogP contribution >= 0.6 is 22.7 Å². The summed E-state index contributed by atoms with van der Waals surface area (Å²) >= 11 is 3.37. The van der Waals surface area contributed by atoms with Crippen molar-refractivity contribution in [3.8, 4) is 0 Å². The van der Waals surface area contributed by atoms with E-state index < -0.39 is 0 Å². The molecule has 130 valence electrons. The van der Waals surface area contributed by atoms with Crippen molar-refractivity contribution in [2.45, 2.75) is 19.0 Å². The van der Waals surface area contributed by atoms with Gasteiger partial charge in [-0.15, -0.1) is 22.7 Å². The van der Waals surface area contributed by atoms with E-state index in [4.69, 9.17) is 4.98 Å². The van der Waals surface area contributed by atoms with Crippen molar-refractivity contribution >= 4 is 27.6 Å². The molecule has 1 aliphatic heterocycles. The van der Waals surface area contributed by atoms with Gasteiger partial charge in [-0.3, -0.25) is 9.20 Å². The summed E-state index contributed by atoms with van der Waals surface area (Å²) in [6.07, 6.45) is 2.88. The summed E-state index contributed by atoms with van der Waals surface area (Å²) < 4.78 is 1.62. The SMILES string of the molecule is O=c1cc(C[NH+]2CCc3sccc3[C@@H]2c2ccccc2)nc2sccn12. The van der Waals surface area contributed by atoms with Gasteiger partial charge in [0.25, 0.3) is 5.56 Å². The first-order valence-electron chi connectivity index (χ1n) is 8.71. The van der Waals surface area contributed by atoms with Gasteiger partial charge in [0.2, 0.25) is 0 Å². The quantitative estimate of drug-likeness (QED) is 0.593. The van der Waals surface area contributed by atoms with Crippen LogP contribution < -0.4 is 10.5 Å². The highest BCUT2D eigenvalue weighted by Gasteiger charge is 2.33. The van der Waals surface area contributed by atoms with Gasteiger partial charge in [-0.2, -0.15) is 0 Å². The standard InChI is InChI=1S/C20H17N3OS2/c24-18-12-15(21-20-23(18)9-11-26-20)13-22-8-6-17-16(7-10-25-17)19(22)14-4-2-1-3-5-14/h1-5,7,9-12,19H,6,8,13H2/p+1/t19-/m0/s1. The second kappa shape index (κ2) is 6.46. The first-order valence-corrected chi connectivity index (χ1v) is 10.5. The van der Waals surface area contributed by atoms with E-state index in [0.717, 1.165) is 30.2 Å². The Labute approximate surface area is 159 Å². The molecule has 1 aromatic carbocycles. The Bertz CT molecular complexity index is 1110. The number of rotatable bonds is 3. The maximum absolute atomic E-state index is 12.3. The molecule has 0 aliphatic carbocycles. The zero-order valence-corrected chi connectivity index (χ0v) is 15.7. The van der Waals surface area contributed by atoms with Crippen LogP contribution in [0.2, 0.25) is 0 Å². The van der Waals surface area contributed by atoms with Gasteiger partial charge in [0, 0.05) is 40.1 Å². The highest BCUT2D eigenvalue weighted by molar-refractivity contribution is 7.15. The molecule has 0 fully saturated rings. The molecule has 26 heavy (non-hydrogen) atoms. The molecule has 0 saturated carbocycles. The molecule has 6 heteroatoms. The van der Waals surface area contributed by atoms with Crippen molar-refractivity contribution < 1.29 is 4.90 Å². The van der Waals surface area contributed by atoms with Crippen molar-refractivity contribution in [1.82, 2.24) is 9.38 Å². The van der Waals surface area contributed by atoms with E-state index in [1.54, 1.807) is 16.7 Å². The van der Waals surface area contributed by atoms with Crippen LogP contribution in [0.15, 0.2) is 64.2 Å². The molecule has 1 unspecified atom stereocenters. The van der Waals surface area contributed by atoms with Gasteiger partial charge in [0.15, 0.2) is 4.96 Å². The summed E-state index contributed by atoms with van der Waals surface area (Å²) in [5, 5.41) is 4.11. The Morgan fingerprint density at radius 3 is 2.92 bits per heavy atom. The van der Waals surface area contributed by atoms with Crippen LogP contribution in [0.25, 0.3) is 4.96 Å². The fourth-order valence-corrected chi connectivity index (χ4v) is 5.57. The summed E-state index contributed by atoms with van der Waals surface area (Å²) in [5.41, 5.74) is 3.65. The third-order valence-corrected chi connectivity index (χ3v) is 6.82. The number of thiophene rings is 1. The van der Waals surface area contributed by atoms with Crippen LogP contribution in [-0.2, 0) is 13.0 Å². The molecule has 4 nitrogen and oxygen atoms in total. The first kappa shape index (κ1) is 15.9. The van der Waals surface area contributed by atoms with E-state index in [1.165, 1.54) is 32.2 Å². The van der Waals surface area contributed by atoms with Crippen LogP contribution in [0.5, 0.6) is 0 Å². The van der Waals surface area contributed by atoms with Gasteiger partial charge in [-0.1, -0.05) is 30.3 Å². The van der Waals surface area contributed by atoms with Gasteiger partial charge in [-0.25, -0.2) is 4.98 Å². The largest absolute Gasteiger partial charge is 0.320 e. The summed E-state index contributed by atoms with van der Waals surface area (Å²) in [7, 11) is 0. The zero-order valence-electron chi connectivity index (χ0n) is 14.1. The number of aromatic nitrogens is 2. The third kappa shape index (κ3) is 2.70. The molecule has 5 rings (SSSR count). The van der Waals surface area contributed by atoms with Crippen LogP contribution in [0.1, 0.15) is 27.7 Å². The predicted molar refractivity (Wildman–Crippen MR) is 105 cm³/mol. The van der Waals surface area contributed by atoms with Crippen molar-refractivity contribution in [3.63, 3.8) is 0 Å². The molecule has 0 bridgehead atoms. The molecule has 4 heterocycles. The van der Waals surface area contributed by atoms with Crippen LogP contribution in [0, 0.1) is 0 Å². The molecule has 2 atom stereocenters. The van der Waals surface area contributed by atoms with Gasteiger partial charge >= 0.3 is 0 Å². The number of benzene rings is 1. The van der Waals surface area contributed by atoms with Gasteiger partial charge in [0.05, 0.1) is 6.54 Å². The monoisotopic (exact) mass is 380 g/mol. The van der Waals surface area contributed by atoms with Crippen LogP contribution in [0.4, 0.5) is 0 Å². The maximum atomic E-state index is 12.3. The molecule has 3 aromatic heterocycles. The lowest BCUT2D eigenvalue weighted by Gasteiger charge is -2.33.